The Morgan fingerprint density at radius 1 is 0.960 bits per heavy atom. The smallest absolute Gasteiger partial charge is 0.224 e. The number of rotatable bonds is 7. The van der Waals surface area contributed by atoms with Crippen LogP contribution in [-0.4, -0.2) is 23.6 Å². The van der Waals surface area contributed by atoms with Crippen molar-refractivity contribution in [1.29, 1.82) is 0 Å². The molecule has 3 aromatic rings. The molecule has 2 aromatic carbocycles. The molecular formula is C20H22N4O. The number of hydrogen-bond acceptors (Lipinski definition) is 5. The normalized spacial score (nSPS) is 10.3. The number of ether oxygens (including phenoxy) is 1. The molecule has 0 aliphatic rings. The van der Waals surface area contributed by atoms with Crippen LogP contribution in [0.2, 0.25) is 0 Å². The Balaban J connectivity index is 1.68. The Hall–Kier alpha value is -3.08. The number of hydrogen-bond donors (Lipinski definition) is 2. The summed E-state index contributed by atoms with van der Waals surface area (Å²) in [5.41, 5.74) is 3.06. The Labute approximate surface area is 148 Å². The number of benzene rings is 2. The van der Waals surface area contributed by atoms with Crippen LogP contribution in [0, 0.1) is 6.92 Å². The molecular weight excluding hydrogens is 312 g/mol. The van der Waals surface area contributed by atoms with Crippen LogP contribution in [0.5, 0.6) is 5.75 Å². The van der Waals surface area contributed by atoms with Gasteiger partial charge in [-0.1, -0.05) is 42.5 Å². The van der Waals surface area contributed by atoms with E-state index in [4.69, 9.17) is 4.74 Å². The van der Waals surface area contributed by atoms with Crippen molar-refractivity contribution in [2.45, 2.75) is 13.3 Å². The quantitative estimate of drug-likeness (QED) is 0.678. The number of para-hydroxylation sites is 2. The highest BCUT2D eigenvalue weighted by Gasteiger charge is 2.06. The second-order valence-electron chi connectivity index (χ2n) is 5.71. The van der Waals surface area contributed by atoms with Gasteiger partial charge in [-0.05, 0) is 31.0 Å². The number of anilines is 3. The van der Waals surface area contributed by atoms with E-state index < -0.39 is 0 Å². The highest BCUT2D eigenvalue weighted by atomic mass is 16.5. The zero-order valence-electron chi connectivity index (χ0n) is 14.5. The molecule has 5 nitrogen and oxygen atoms in total. The van der Waals surface area contributed by atoms with E-state index in [1.54, 1.807) is 7.11 Å². The minimum Gasteiger partial charge on any atom is -0.495 e. The van der Waals surface area contributed by atoms with Crippen LogP contribution in [0.4, 0.5) is 17.5 Å². The van der Waals surface area contributed by atoms with E-state index in [-0.39, 0.29) is 0 Å². The summed E-state index contributed by atoms with van der Waals surface area (Å²) in [6.45, 7) is 2.74. The zero-order valence-corrected chi connectivity index (χ0v) is 14.5. The predicted octanol–water partition coefficient (Wildman–Crippen LogP) is 4.19. The summed E-state index contributed by atoms with van der Waals surface area (Å²) >= 11 is 0. The Morgan fingerprint density at radius 2 is 1.72 bits per heavy atom. The Morgan fingerprint density at radius 3 is 2.52 bits per heavy atom. The molecule has 0 bridgehead atoms. The molecule has 0 unspecified atom stereocenters. The van der Waals surface area contributed by atoms with E-state index in [0.29, 0.717) is 5.95 Å². The van der Waals surface area contributed by atoms with Gasteiger partial charge in [0.05, 0.1) is 12.8 Å². The molecule has 1 aromatic heterocycles. The molecule has 2 N–H and O–H groups in total. The van der Waals surface area contributed by atoms with Gasteiger partial charge in [0.1, 0.15) is 11.6 Å². The second kappa shape index (κ2) is 8.15. The molecule has 0 aliphatic heterocycles. The van der Waals surface area contributed by atoms with Gasteiger partial charge in [-0.2, -0.15) is 4.98 Å². The van der Waals surface area contributed by atoms with Gasteiger partial charge in [0.15, 0.2) is 0 Å². The molecule has 0 aliphatic carbocycles. The lowest BCUT2D eigenvalue weighted by molar-refractivity contribution is 0.417. The Bertz CT molecular complexity index is 821. The van der Waals surface area contributed by atoms with Crippen LogP contribution in [0.1, 0.15) is 11.3 Å². The predicted molar refractivity (Wildman–Crippen MR) is 102 cm³/mol. The third-order valence-corrected chi connectivity index (χ3v) is 3.76. The minimum atomic E-state index is 0.619. The number of nitrogens with zero attached hydrogens (tertiary/aromatic N) is 2. The van der Waals surface area contributed by atoms with Crippen LogP contribution >= 0.6 is 0 Å². The number of methoxy groups -OCH3 is 1. The van der Waals surface area contributed by atoms with Gasteiger partial charge in [-0.3, -0.25) is 0 Å². The lowest BCUT2D eigenvalue weighted by Crippen LogP contribution is -2.09. The fraction of sp³-hybridized carbons (Fsp3) is 0.200. The van der Waals surface area contributed by atoms with Gasteiger partial charge in [0, 0.05) is 18.3 Å². The first-order chi connectivity index (χ1) is 12.2. The number of aromatic nitrogens is 2. The lowest BCUT2D eigenvalue weighted by atomic mass is 10.1. The molecule has 3 rings (SSSR count). The van der Waals surface area contributed by atoms with E-state index in [2.05, 4.69) is 32.7 Å². The van der Waals surface area contributed by atoms with Gasteiger partial charge in [0.2, 0.25) is 5.95 Å². The molecule has 25 heavy (non-hydrogen) atoms. The van der Waals surface area contributed by atoms with Crippen molar-refractivity contribution in [1.82, 2.24) is 9.97 Å². The van der Waals surface area contributed by atoms with E-state index >= 15 is 0 Å². The van der Waals surface area contributed by atoms with Gasteiger partial charge in [-0.25, -0.2) is 4.98 Å². The lowest BCUT2D eigenvalue weighted by Gasteiger charge is -2.12. The van der Waals surface area contributed by atoms with Crippen molar-refractivity contribution in [3.05, 3.63) is 71.9 Å². The van der Waals surface area contributed by atoms with Crippen molar-refractivity contribution in [3.63, 3.8) is 0 Å². The fourth-order valence-corrected chi connectivity index (χ4v) is 2.56. The van der Waals surface area contributed by atoms with Gasteiger partial charge in [-0.15, -0.1) is 0 Å². The average Bonchev–Trinajstić information content (AvgIpc) is 2.63. The van der Waals surface area contributed by atoms with Crippen molar-refractivity contribution in [3.8, 4) is 5.75 Å². The first kappa shape index (κ1) is 16.8. The van der Waals surface area contributed by atoms with Crippen molar-refractivity contribution >= 4 is 17.5 Å². The molecule has 0 saturated carbocycles. The zero-order chi connectivity index (χ0) is 17.5. The molecule has 0 atom stereocenters. The summed E-state index contributed by atoms with van der Waals surface area (Å²) in [6.07, 6.45) is 0.924. The first-order valence-corrected chi connectivity index (χ1v) is 8.28. The maximum absolute atomic E-state index is 5.37. The Kier molecular flexibility index (Phi) is 5.46. The van der Waals surface area contributed by atoms with E-state index in [9.17, 15) is 0 Å². The maximum Gasteiger partial charge on any atom is 0.224 e. The molecule has 0 fully saturated rings. The average molecular weight is 334 g/mol. The SMILES string of the molecule is COc1ccccc1Nc1cc(C)nc(NCCc2ccccc2)n1. The van der Waals surface area contributed by atoms with Crippen molar-refractivity contribution in [2.24, 2.45) is 0 Å². The summed E-state index contributed by atoms with van der Waals surface area (Å²) in [4.78, 5) is 9.00. The fourth-order valence-electron chi connectivity index (χ4n) is 2.56. The van der Waals surface area contributed by atoms with E-state index in [1.165, 1.54) is 5.56 Å². The summed E-state index contributed by atoms with van der Waals surface area (Å²) in [7, 11) is 1.66. The van der Waals surface area contributed by atoms with Crippen LogP contribution in [0.25, 0.3) is 0 Å². The molecule has 0 amide bonds. The number of aryl methyl sites for hydroxylation is 1. The monoisotopic (exact) mass is 334 g/mol. The molecule has 128 valence electrons. The van der Waals surface area contributed by atoms with Gasteiger partial charge < -0.3 is 15.4 Å². The van der Waals surface area contributed by atoms with Crippen LogP contribution in [0.3, 0.4) is 0 Å². The van der Waals surface area contributed by atoms with E-state index in [1.807, 2.05) is 55.5 Å². The molecule has 0 spiro atoms. The van der Waals surface area contributed by atoms with Crippen molar-refractivity contribution < 1.29 is 4.74 Å². The third-order valence-electron chi connectivity index (χ3n) is 3.76. The summed E-state index contributed by atoms with van der Waals surface area (Å²) < 4.78 is 5.37. The largest absolute Gasteiger partial charge is 0.495 e. The minimum absolute atomic E-state index is 0.619. The van der Waals surface area contributed by atoms with Gasteiger partial charge in [0.25, 0.3) is 0 Å². The second-order valence-corrected chi connectivity index (χ2v) is 5.71. The highest BCUT2D eigenvalue weighted by Crippen LogP contribution is 2.26. The highest BCUT2D eigenvalue weighted by molar-refractivity contribution is 5.64. The van der Waals surface area contributed by atoms with Crippen LogP contribution in [0.15, 0.2) is 60.7 Å². The summed E-state index contributed by atoms with van der Waals surface area (Å²) in [6, 6.07) is 20.0. The topological polar surface area (TPSA) is 59.1 Å². The maximum atomic E-state index is 5.37. The summed E-state index contributed by atoms with van der Waals surface area (Å²) in [5, 5.41) is 6.59. The molecule has 0 radical (unpaired) electrons. The van der Waals surface area contributed by atoms with Crippen molar-refractivity contribution in [2.75, 3.05) is 24.3 Å². The molecule has 0 saturated heterocycles. The standard InChI is InChI=1S/C20H22N4O/c1-15-14-19(23-17-10-6-7-11-18(17)25-2)24-20(22-15)21-13-12-16-8-4-3-5-9-16/h3-11,14H,12-13H2,1-2H3,(H2,21,22,23,24). The first-order valence-electron chi connectivity index (χ1n) is 8.28. The third kappa shape index (κ3) is 4.70. The molecule has 1 heterocycles. The number of nitrogens with one attached hydrogen (secondary N) is 2. The van der Waals surface area contributed by atoms with Crippen LogP contribution in [-0.2, 0) is 6.42 Å². The molecule has 5 heteroatoms. The summed E-state index contributed by atoms with van der Waals surface area (Å²) in [5.74, 6) is 2.13. The van der Waals surface area contributed by atoms with Crippen LogP contribution < -0.4 is 15.4 Å². The van der Waals surface area contributed by atoms with Gasteiger partial charge >= 0.3 is 0 Å². The van der Waals surface area contributed by atoms with E-state index in [0.717, 1.165) is 35.9 Å².